The number of pyridine rings is 2. The number of aromatic nitrogens is 2. The minimum atomic E-state index is -3.75. The van der Waals surface area contributed by atoms with E-state index in [0.29, 0.717) is 29.2 Å². The number of rotatable bonds is 4. The van der Waals surface area contributed by atoms with Crippen LogP contribution in [-0.2, 0) is 16.4 Å². The fourth-order valence-electron chi connectivity index (χ4n) is 3.77. The molecule has 8 heteroatoms. The Morgan fingerprint density at radius 3 is 2.76 bits per heavy atom. The fourth-order valence-corrected chi connectivity index (χ4v) is 5.07. The zero-order chi connectivity index (χ0) is 20.2. The number of nitrogens with zero attached hydrogens (tertiary/aromatic N) is 2. The van der Waals surface area contributed by atoms with E-state index >= 15 is 0 Å². The van der Waals surface area contributed by atoms with E-state index in [-0.39, 0.29) is 21.9 Å². The number of nitrogens with one attached hydrogen (secondary N) is 1. The topological polar surface area (TPSA) is 101 Å². The van der Waals surface area contributed by atoms with Crippen molar-refractivity contribution in [3.63, 3.8) is 0 Å². The number of benzene rings is 1. The van der Waals surface area contributed by atoms with Crippen molar-refractivity contribution >= 4 is 32.3 Å². The van der Waals surface area contributed by atoms with E-state index in [4.69, 9.17) is 0 Å². The van der Waals surface area contributed by atoms with Crippen molar-refractivity contribution in [2.24, 2.45) is 5.92 Å². The lowest BCUT2D eigenvalue weighted by Gasteiger charge is -2.21. The van der Waals surface area contributed by atoms with Gasteiger partial charge >= 0.3 is 0 Å². The average Bonchev–Trinajstić information content (AvgIpc) is 3.52. The molecule has 2 aromatic heterocycles. The molecule has 2 aliphatic rings. The molecule has 0 bridgehead atoms. The molecule has 1 saturated carbocycles. The normalized spacial score (nSPS) is 17.4. The highest BCUT2D eigenvalue weighted by Crippen LogP contribution is 2.37. The fraction of sp³-hybridized carbons (Fsp3) is 0.238. The molecule has 0 amide bonds. The summed E-state index contributed by atoms with van der Waals surface area (Å²) in [6.07, 6.45) is 4.75. The quantitative estimate of drug-likeness (QED) is 0.687. The van der Waals surface area contributed by atoms with Gasteiger partial charge in [-0.2, -0.15) is 0 Å². The van der Waals surface area contributed by atoms with E-state index < -0.39 is 15.4 Å². The molecule has 0 radical (unpaired) electrons. The van der Waals surface area contributed by atoms with E-state index in [9.17, 15) is 18.3 Å². The maximum atomic E-state index is 13.3. The summed E-state index contributed by atoms with van der Waals surface area (Å²) in [7, 11) is -3.75. The van der Waals surface area contributed by atoms with Gasteiger partial charge in [-0.15, -0.1) is 0 Å². The Morgan fingerprint density at radius 2 is 1.97 bits per heavy atom. The lowest BCUT2D eigenvalue weighted by molar-refractivity contribution is 0.475. The van der Waals surface area contributed by atoms with Gasteiger partial charge in [-0.1, -0.05) is 25.0 Å². The third-order valence-corrected chi connectivity index (χ3v) is 6.97. The number of aryl methyl sites for hydroxylation is 1. The maximum Gasteiger partial charge on any atom is 0.265 e. The number of sulfone groups is 1. The zero-order valence-corrected chi connectivity index (χ0v) is 16.3. The van der Waals surface area contributed by atoms with Crippen LogP contribution >= 0.6 is 0 Å². The molecule has 3 heterocycles. The van der Waals surface area contributed by atoms with Crippen molar-refractivity contribution in [3.8, 4) is 5.75 Å². The van der Waals surface area contributed by atoms with Gasteiger partial charge in [0, 0.05) is 12.7 Å². The van der Waals surface area contributed by atoms with Crippen LogP contribution in [0.5, 0.6) is 5.75 Å². The lowest BCUT2D eigenvalue weighted by Crippen LogP contribution is -2.27. The van der Waals surface area contributed by atoms with Crippen LogP contribution in [-0.4, -0.2) is 23.1 Å². The number of para-hydroxylation sites is 1. The van der Waals surface area contributed by atoms with Gasteiger partial charge in [0.25, 0.3) is 5.56 Å². The van der Waals surface area contributed by atoms with Gasteiger partial charge in [-0.3, -0.25) is 9.36 Å². The molecule has 0 atom stereocenters. The molecular weight excluding hydrogens is 390 g/mol. The number of hydrogen-bond acceptors (Lipinski definition) is 6. The van der Waals surface area contributed by atoms with Crippen molar-refractivity contribution in [2.45, 2.75) is 30.7 Å². The van der Waals surface area contributed by atoms with Crippen LogP contribution in [0, 0.1) is 5.92 Å². The van der Waals surface area contributed by atoms with Crippen molar-refractivity contribution in [2.75, 3.05) is 5.32 Å². The van der Waals surface area contributed by atoms with E-state index in [1.54, 1.807) is 41.1 Å². The summed E-state index contributed by atoms with van der Waals surface area (Å²) in [5.74, 6) is 0.339. The molecule has 29 heavy (non-hydrogen) atoms. The molecule has 0 spiro atoms. The van der Waals surface area contributed by atoms with Crippen molar-refractivity contribution in [3.05, 3.63) is 63.9 Å². The first kappa shape index (κ1) is 17.9. The van der Waals surface area contributed by atoms with Gasteiger partial charge in [0.05, 0.1) is 27.1 Å². The van der Waals surface area contributed by atoms with Crippen LogP contribution in [0.15, 0.2) is 57.7 Å². The van der Waals surface area contributed by atoms with E-state index in [1.165, 1.54) is 6.07 Å². The Hall–Kier alpha value is -3.13. The molecule has 5 rings (SSSR count). The third-order valence-electron chi connectivity index (χ3n) is 5.46. The van der Waals surface area contributed by atoms with Crippen LogP contribution in [0.25, 0.3) is 16.7 Å². The van der Waals surface area contributed by atoms with E-state index in [0.717, 1.165) is 24.7 Å². The molecule has 7 nitrogen and oxygen atoms in total. The van der Waals surface area contributed by atoms with Crippen molar-refractivity contribution < 1.29 is 13.5 Å². The first-order valence-corrected chi connectivity index (χ1v) is 11.0. The Morgan fingerprint density at radius 1 is 1.17 bits per heavy atom. The van der Waals surface area contributed by atoms with Crippen molar-refractivity contribution in [1.82, 2.24) is 9.55 Å². The minimum absolute atomic E-state index is 0.0561. The predicted octanol–water partition coefficient (Wildman–Crippen LogP) is 3.10. The highest BCUT2D eigenvalue weighted by Gasteiger charge is 2.29. The summed E-state index contributed by atoms with van der Waals surface area (Å²) in [5.41, 5.74) is 0.331. The second kappa shape index (κ2) is 6.45. The van der Waals surface area contributed by atoms with Gasteiger partial charge in [0.2, 0.25) is 9.84 Å². The molecule has 1 fully saturated rings. The van der Waals surface area contributed by atoms with Crippen LogP contribution in [0.1, 0.15) is 24.8 Å². The molecule has 2 N–H and O–H groups in total. The summed E-state index contributed by atoms with van der Waals surface area (Å²) in [5, 5.41) is 15.3. The molecule has 1 aromatic carbocycles. The summed E-state index contributed by atoms with van der Waals surface area (Å²) >= 11 is 0. The Balaban J connectivity index is 1.73. The summed E-state index contributed by atoms with van der Waals surface area (Å²) in [6, 6.07) is 9.84. The Bertz CT molecular complexity index is 1340. The molecule has 1 aliphatic carbocycles. The number of fused-ring (bicyclic) bond motifs is 2. The lowest BCUT2D eigenvalue weighted by atomic mass is 10.1. The molecular formula is C21H19N3O4S. The van der Waals surface area contributed by atoms with Gasteiger partial charge in [0.15, 0.2) is 0 Å². The number of hydrogen-bond donors (Lipinski definition) is 2. The van der Waals surface area contributed by atoms with Crippen LogP contribution in [0.2, 0.25) is 0 Å². The van der Waals surface area contributed by atoms with Crippen LogP contribution in [0.3, 0.4) is 0 Å². The second-order valence-electron chi connectivity index (χ2n) is 7.48. The number of anilines is 1. The molecule has 3 aromatic rings. The van der Waals surface area contributed by atoms with Crippen LogP contribution in [0.4, 0.5) is 5.69 Å². The molecule has 0 saturated heterocycles. The highest BCUT2D eigenvalue weighted by molar-refractivity contribution is 7.94. The Kier molecular flexibility index (Phi) is 3.99. The maximum absolute atomic E-state index is 13.3. The van der Waals surface area contributed by atoms with Gasteiger partial charge in [0.1, 0.15) is 17.0 Å². The smallest absolute Gasteiger partial charge is 0.265 e. The van der Waals surface area contributed by atoms with Gasteiger partial charge < -0.3 is 10.4 Å². The summed E-state index contributed by atoms with van der Waals surface area (Å²) < 4.78 is 27.0. The average molecular weight is 409 g/mol. The van der Waals surface area contributed by atoms with E-state index in [2.05, 4.69) is 10.3 Å². The minimum Gasteiger partial charge on any atom is -0.506 e. The van der Waals surface area contributed by atoms with Gasteiger partial charge in [-0.25, -0.2) is 13.4 Å². The number of aromatic hydroxyl groups is 1. The first-order valence-electron chi connectivity index (χ1n) is 9.49. The summed E-state index contributed by atoms with van der Waals surface area (Å²) in [4.78, 5) is 17.8. The third kappa shape index (κ3) is 3.00. The van der Waals surface area contributed by atoms with Gasteiger partial charge in [-0.05, 0) is 36.6 Å². The highest BCUT2D eigenvalue weighted by atomic mass is 32.2. The largest absolute Gasteiger partial charge is 0.506 e. The summed E-state index contributed by atoms with van der Waals surface area (Å²) in [6.45, 7) is 0.473. The van der Waals surface area contributed by atoms with Crippen LogP contribution < -0.4 is 10.9 Å². The predicted molar refractivity (Wildman–Crippen MR) is 110 cm³/mol. The second-order valence-corrected chi connectivity index (χ2v) is 9.25. The molecule has 0 unspecified atom stereocenters. The standard InChI is InChI=1S/C21H19N3O4S/c25-19-14-4-3-10-22-20(14)24(11-9-13-7-8-13)21(26)18(19)16-12-29(27,28)17-6-2-1-5-15(17)23-16/h1-6,10,12-13,23,25H,7-9,11H2. The SMILES string of the molecule is O=c1c(C2=CS(=O)(=O)c3ccccc3N2)c(O)c2cccnc2n1CCC1CC1. The zero-order valence-electron chi connectivity index (χ0n) is 15.5. The molecule has 1 aliphatic heterocycles. The molecule has 148 valence electrons. The van der Waals surface area contributed by atoms with E-state index in [1.807, 2.05) is 0 Å². The first-order chi connectivity index (χ1) is 14.0. The van der Waals surface area contributed by atoms with Crippen molar-refractivity contribution in [1.29, 1.82) is 0 Å². The monoisotopic (exact) mass is 409 g/mol. The Labute approximate surface area is 167 Å².